The van der Waals surface area contributed by atoms with Gasteiger partial charge in [0.15, 0.2) is 6.20 Å². The van der Waals surface area contributed by atoms with Gasteiger partial charge < -0.3 is 10.5 Å². The Morgan fingerprint density at radius 2 is 1.89 bits per heavy atom. The molecule has 0 aliphatic carbocycles. The molecule has 1 N–H and O–H groups in total. The standard InChI is InChI=1S/C11H7F3N2O2/c12-11(13,14)10(17)15-8-5-1-3-7-4-2-6-16(18)9(7)8/h1-6H,(H,15,17). The van der Waals surface area contributed by atoms with Gasteiger partial charge in [0.2, 0.25) is 5.52 Å². The van der Waals surface area contributed by atoms with E-state index in [-0.39, 0.29) is 11.2 Å². The van der Waals surface area contributed by atoms with Crippen molar-refractivity contribution in [1.82, 2.24) is 0 Å². The lowest BCUT2D eigenvalue weighted by Gasteiger charge is -2.09. The summed E-state index contributed by atoms with van der Waals surface area (Å²) < 4.78 is 36.8. The van der Waals surface area contributed by atoms with Crippen LogP contribution in [0.2, 0.25) is 0 Å². The van der Waals surface area contributed by atoms with Gasteiger partial charge in [-0.2, -0.15) is 17.9 Å². The Labute approximate surface area is 99.2 Å². The minimum absolute atomic E-state index is 0.0161. The van der Waals surface area contributed by atoms with E-state index in [4.69, 9.17) is 0 Å². The van der Waals surface area contributed by atoms with E-state index in [1.807, 2.05) is 0 Å². The lowest BCUT2D eigenvalue weighted by atomic mass is 10.2. The number of rotatable bonds is 1. The van der Waals surface area contributed by atoms with Crippen LogP contribution in [0.25, 0.3) is 10.9 Å². The van der Waals surface area contributed by atoms with Crippen molar-refractivity contribution in [3.63, 3.8) is 0 Å². The van der Waals surface area contributed by atoms with Gasteiger partial charge in [-0.25, -0.2) is 0 Å². The molecule has 0 unspecified atom stereocenters. The number of carbonyl (C=O) groups excluding carboxylic acids is 1. The van der Waals surface area contributed by atoms with Crippen molar-refractivity contribution in [1.29, 1.82) is 0 Å². The molecule has 18 heavy (non-hydrogen) atoms. The van der Waals surface area contributed by atoms with E-state index in [1.54, 1.807) is 17.4 Å². The summed E-state index contributed by atoms with van der Waals surface area (Å²) in [6, 6.07) is 7.28. The second-order valence-electron chi connectivity index (χ2n) is 3.53. The van der Waals surface area contributed by atoms with Crippen molar-refractivity contribution in [3.8, 4) is 0 Å². The number of hydrogen-bond donors (Lipinski definition) is 1. The van der Waals surface area contributed by atoms with Crippen LogP contribution in [0.1, 0.15) is 0 Å². The summed E-state index contributed by atoms with van der Waals surface area (Å²) in [4.78, 5) is 10.8. The van der Waals surface area contributed by atoms with Crippen molar-refractivity contribution >= 4 is 22.5 Å². The largest absolute Gasteiger partial charge is 0.618 e. The molecule has 1 aromatic heterocycles. The molecule has 0 atom stereocenters. The molecule has 0 aliphatic rings. The first-order valence-electron chi connectivity index (χ1n) is 4.88. The van der Waals surface area contributed by atoms with Crippen LogP contribution < -0.4 is 10.0 Å². The third kappa shape index (κ3) is 2.20. The molecule has 0 bridgehead atoms. The number of pyridine rings is 1. The Kier molecular flexibility index (Phi) is 2.82. The van der Waals surface area contributed by atoms with Gasteiger partial charge in [-0.1, -0.05) is 6.07 Å². The van der Waals surface area contributed by atoms with Crippen LogP contribution in [0.15, 0.2) is 36.5 Å². The molecule has 4 nitrogen and oxygen atoms in total. The molecule has 0 spiro atoms. The molecule has 0 radical (unpaired) electrons. The number of nitrogens with zero attached hydrogens (tertiary/aromatic N) is 1. The minimum atomic E-state index is -5.00. The Morgan fingerprint density at radius 1 is 1.22 bits per heavy atom. The normalized spacial score (nSPS) is 11.5. The molecule has 0 saturated carbocycles. The maximum absolute atomic E-state index is 12.1. The fourth-order valence-corrected chi connectivity index (χ4v) is 1.54. The van der Waals surface area contributed by atoms with Gasteiger partial charge >= 0.3 is 12.1 Å². The number of halogens is 3. The average Bonchev–Trinajstić information content (AvgIpc) is 2.28. The maximum atomic E-state index is 12.1. The van der Waals surface area contributed by atoms with E-state index in [0.29, 0.717) is 10.1 Å². The zero-order chi connectivity index (χ0) is 13.3. The lowest BCUT2D eigenvalue weighted by molar-refractivity contribution is -0.576. The van der Waals surface area contributed by atoms with Crippen LogP contribution >= 0.6 is 0 Å². The van der Waals surface area contributed by atoms with E-state index >= 15 is 0 Å². The average molecular weight is 256 g/mol. The van der Waals surface area contributed by atoms with Crippen LogP contribution in [0.4, 0.5) is 18.9 Å². The summed E-state index contributed by atoms with van der Waals surface area (Å²) in [5.74, 6) is -2.11. The van der Waals surface area contributed by atoms with Crippen molar-refractivity contribution in [3.05, 3.63) is 41.7 Å². The van der Waals surface area contributed by atoms with Gasteiger partial charge in [0.05, 0.1) is 0 Å². The summed E-state index contributed by atoms with van der Waals surface area (Å²) in [6.07, 6.45) is -3.85. The van der Waals surface area contributed by atoms with Crippen LogP contribution in [0, 0.1) is 5.21 Å². The van der Waals surface area contributed by atoms with E-state index in [0.717, 1.165) is 6.20 Å². The van der Waals surface area contributed by atoms with Crippen LogP contribution in [-0.2, 0) is 4.79 Å². The highest BCUT2D eigenvalue weighted by atomic mass is 19.4. The highest BCUT2D eigenvalue weighted by molar-refractivity contribution is 6.01. The number of fused-ring (bicyclic) bond motifs is 1. The van der Waals surface area contributed by atoms with Gasteiger partial charge in [-0.15, -0.1) is 0 Å². The first-order valence-corrected chi connectivity index (χ1v) is 4.88. The predicted octanol–water partition coefficient (Wildman–Crippen LogP) is 1.97. The Hall–Kier alpha value is -2.31. The second kappa shape index (κ2) is 4.17. The number of para-hydroxylation sites is 1. The monoisotopic (exact) mass is 256 g/mol. The fraction of sp³-hybridized carbons (Fsp3) is 0.0909. The van der Waals surface area contributed by atoms with Gasteiger partial charge in [0, 0.05) is 11.5 Å². The molecule has 2 rings (SSSR count). The van der Waals surface area contributed by atoms with Gasteiger partial charge in [0.25, 0.3) is 0 Å². The smallest absolute Gasteiger partial charge is 0.471 e. The number of carbonyl (C=O) groups is 1. The zero-order valence-electron chi connectivity index (χ0n) is 8.86. The molecule has 7 heteroatoms. The van der Waals surface area contributed by atoms with Crippen LogP contribution in [-0.4, -0.2) is 12.1 Å². The van der Waals surface area contributed by atoms with E-state index in [9.17, 15) is 23.2 Å². The molecule has 2 aromatic rings. The van der Waals surface area contributed by atoms with Crippen LogP contribution in [0.3, 0.4) is 0 Å². The van der Waals surface area contributed by atoms with Crippen molar-refractivity contribution in [2.45, 2.75) is 6.18 Å². The SMILES string of the molecule is O=C(Nc1cccc2ccc[n+]([O-])c12)C(F)(F)F. The van der Waals surface area contributed by atoms with Gasteiger partial charge in [-0.05, 0) is 18.2 Å². The molecule has 1 amide bonds. The molecular formula is C11H7F3N2O2. The molecule has 1 aromatic carbocycles. The Balaban J connectivity index is 2.49. The third-order valence-electron chi connectivity index (χ3n) is 2.29. The summed E-state index contributed by atoms with van der Waals surface area (Å²) in [6.45, 7) is 0. The number of benzene rings is 1. The molecule has 94 valence electrons. The Bertz CT molecular complexity index is 606. The van der Waals surface area contributed by atoms with Crippen molar-refractivity contribution < 1.29 is 22.7 Å². The molecule has 1 heterocycles. The quantitative estimate of drug-likeness (QED) is 0.626. The first-order chi connectivity index (χ1) is 8.39. The summed E-state index contributed by atoms with van der Waals surface area (Å²) in [7, 11) is 0. The fourth-order valence-electron chi connectivity index (χ4n) is 1.54. The number of aromatic nitrogens is 1. The molecule has 0 aliphatic heterocycles. The number of alkyl halides is 3. The lowest BCUT2D eigenvalue weighted by Crippen LogP contribution is -2.32. The number of anilines is 1. The minimum Gasteiger partial charge on any atom is -0.618 e. The van der Waals surface area contributed by atoms with E-state index in [1.165, 1.54) is 18.2 Å². The van der Waals surface area contributed by atoms with Crippen molar-refractivity contribution in [2.75, 3.05) is 5.32 Å². The highest BCUT2D eigenvalue weighted by Gasteiger charge is 2.39. The number of nitrogens with one attached hydrogen (secondary N) is 1. The summed E-state index contributed by atoms with van der Waals surface area (Å²) in [5.41, 5.74) is -0.192. The molecule has 0 saturated heterocycles. The number of amides is 1. The Morgan fingerprint density at radius 3 is 2.56 bits per heavy atom. The van der Waals surface area contributed by atoms with E-state index < -0.39 is 12.1 Å². The maximum Gasteiger partial charge on any atom is 0.471 e. The first kappa shape index (κ1) is 12.2. The molecular weight excluding hydrogens is 249 g/mol. The third-order valence-corrected chi connectivity index (χ3v) is 2.29. The highest BCUT2D eigenvalue weighted by Crippen LogP contribution is 2.23. The van der Waals surface area contributed by atoms with Crippen molar-refractivity contribution in [2.24, 2.45) is 0 Å². The van der Waals surface area contributed by atoms with Gasteiger partial charge in [0.1, 0.15) is 5.69 Å². The predicted molar refractivity (Wildman–Crippen MR) is 57.6 cm³/mol. The topological polar surface area (TPSA) is 56.0 Å². The second-order valence-corrected chi connectivity index (χ2v) is 3.53. The van der Waals surface area contributed by atoms with Gasteiger partial charge in [-0.3, -0.25) is 4.79 Å². The van der Waals surface area contributed by atoms with E-state index in [2.05, 4.69) is 0 Å². The zero-order valence-corrected chi connectivity index (χ0v) is 8.86. The summed E-state index contributed by atoms with van der Waals surface area (Å²) in [5, 5.41) is 13.6. The van der Waals surface area contributed by atoms with Crippen LogP contribution in [0.5, 0.6) is 0 Å². The molecule has 0 fully saturated rings. The summed E-state index contributed by atoms with van der Waals surface area (Å²) >= 11 is 0. The number of hydrogen-bond acceptors (Lipinski definition) is 2.